The SMILES string of the molecule is Cc1ccc(-c2cn(CC(=O)O)c(=O)n(CCNC(=O)OC(C)(C)C)c2=O)c(Cl)c1F. The topological polar surface area (TPSA) is 120 Å². The number of aryl methyl sites for hydroxylation is 1. The molecule has 1 aromatic carbocycles. The highest BCUT2D eigenvalue weighted by atomic mass is 35.5. The Morgan fingerprint density at radius 2 is 1.87 bits per heavy atom. The number of amides is 1. The maximum Gasteiger partial charge on any atom is 0.407 e. The van der Waals surface area contributed by atoms with Crippen LogP contribution in [0.15, 0.2) is 27.9 Å². The van der Waals surface area contributed by atoms with Crippen molar-refractivity contribution in [3.63, 3.8) is 0 Å². The first-order valence-corrected chi connectivity index (χ1v) is 9.67. The number of halogens is 2. The molecule has 0 unspecified atom stereocenters. The Bertz CT molecular complexity index is 1130. The van der Waals surface area contributed by atoms with Crippen LogP contribution in [0.2, 0.25) is 5.02 Å². The minimum atomic E-state index is -1.31. The quantitative estimate of drug-likeness (QED) is 0.690. The molecule has 11 heteroatoms. The monoisotopic (exact) mass is 455 g/mol. The molecule has 9 nitrogen and oxygen atoms in total. The van der Waals surface area contributed by atoms with E-state index in [4.69, 9.17) is 21.4 Å². The maximum absolute atomic E-state index is 14.3. The van der Waals surface area contributed by atoms with Crippen LogP contribution in [0.5, 0.6) is 0 Å². The number of carboxylic acid groups (broad SMARTS) is 1. The van der Waals surface area contributed by atoms with Gasteiger partial charge in [-0.15, -0.1) is 0 Å². The predicted molar refractivity (Wildman–Crippen MR) is 112 cm³/mol. The molecule has 0 atom stereocenters. The van der Waals surface area contributed by atoms with Gasteiger partial charge < -0.3 is 15.2 Å². The lowest BCUT2D eigenvalue weighted by Gasteiger charge is -2.20. The zero-order valence-corrected chi connectivity index (χ0v) is 18.2. The molecular formula is C20H23ClFN3O6. The fraction of sp³-hybridized carbons (Fsp3) is 0.400. The first-order valence-electron chi connectivity index (χ1n) is 9.29. The zero-order valence-electron chi connectivity index (χ0n) is 17.5. The summed E-state index contributed by atoms with van der Waals surface area (Å²) in [7, 11) is 0. The molecule has 0 aliphatic rings. The summed E-state index contributed by atoms with van der Waals surface area (Å²) < 4.78 is 20.9. The van der Waals surface area contributed by atoms with Crippen LogP contribution in [-0.2, 0) is 22.6 Å². The Morgan fingerprint density at radius 3 is 2.45 bits per heavy atom. The third-order valence-electron chi connectivity index (χ3n) is 4.11. The van der Waals surface area contributed by atoms with E-state index in [-0.39, 0.29) is 34.8 Å². The Morgan fingerprint density at radius 1 is 1.23 bits per heavy atom. The van der Waals surface area contributed by atoms with Crippen molar-refractivity contribution >= 4 is 23.7 Å². The highest BCUT2D eigenvalue weighted by Gasteiger charge is 2.20. The maximum atomic E-state index is 14.3. The molecule has 0 saturated carbocycles. The number of benzene rings is 1. The van der Waals surface area contributed by atoms with E-state index in [2.05, 4.69) is 5.32 Å². The molecule has 0 spiro atoms. The predicted octanol–water partition coefficient (Wildman–Crippen LogP) is 2.39. The van der Waals surface area contributed by atoms with Crippen molar-refractivity contribution in [3.8, 4) is 11.1 Å². The van der Waals surface area contributed by atoms with Gasteiger partial charge in [0.05, 0.1) is 10.6 Å². The van der Waals surface area contributed by atoms with E-state index in [1.54, 1.807) is 20.8 Å². The highest BCUT2D eigenvalue weighted by Crippen LogP contribution is 2.29. The van der Waals surface area contributed by atoms with Crippen molar-refractivity contribution in [2.24, 2.45) is 0 Å². The summed E-state index contributed by atoms with van der Waals surface area (Å²) in [4.78, 5) is 48.5. The lowest BCUT2D eigenvalue weighted by Crippen LogP contribution is -2.44. The molecular weight excluding hydrogens is 433 g/mol. The van der Waals surface area contributed by atoms with E-state index in [0.717, 1.165) is 15.3 Å². The van der Waals surface area contributed by atoms with E-state index in [0.29, 0.717) is 0 Å². The van der Waals surface area contributed by atoms with Crippen molar-refractivity contribution in [2.45, 2.75) is 46.4 Å². The van der Waals surface area contributed by atoms with Gasteiger partial charge in [-0.25, -0.2) is 14.0 Å². The van der Waals surface area contributed by atoms with Crippen molar-refractivity contribution in [2.75, 3.05) is 6.54 Å². The molecule has 0 aliphatic heterocycles. The number of rotatable bonds is 6. The summed E-state index contributed by atoms with van der Waals surface area (Å²) in [6.45, 7) is 5.39. The molecule has 0 fully saturated rings. The van der Waals surface area contributed by atoms with Gasteiger partial charge in [-0.05, 0) is 33.3 Å². The summed E-state index contributed by atoms with van der Waals surface area (Å²) in [6.07, 6.45) is 0.290. The number of aliphatic carboxylic acids is 1. The molecule has 0 saturated heterocycles. The Hall–Kier alpha value is -3.14. The minimum absolute atomic E-state index is 0.0164. The Balaban J connectivity index is 2.49. The summed E-state index contributed by atoms with van der Waals surface area (Å²) in [6, 6.07) is 2.83. The lowest BCUT2D eigenvalue weighted by atomic mass is 10.1. The number of ether oxygens (including phenoxy) is 1. The fourth-order valence-electron chi connectivity index (χ4n) is 2.73. The van der Waals surface area contributed by atoms with Crippen LogP contribution in [0.1, 0.15) is 26.3 Å². The molecule has 1 amide bonds. The molecule has 2 rings (SSSR count). The Kier molecular flexibility index (Phi) is 7.27. The van der Waals surface area contributed by atoms with Crippen LogP contribution in [0.25, 0.3) is 11.1 Å². The average Bonchev–Trinajstić information content (AvgIpc) is 2.63. The second-order valence-electron chi connectivity index (χ2n) is 7.79. The van der Waals surface area contributed by atoms with E-state index < -0.39 is 41.3 Å². The number of carboxylic acids is 1. The van der Waals surface area contributed by atoms with E-state index in [1.807, 2.05) is 0 Å². The van der Waals surface area contributed by atoms with Crippen molar-refractivity contribution < 1.29 is 23.8 Å². The normalized spacial score (nSPS) is 11.3. The number of alkyl carbamates (subject to hydrolysis) is 1. The lowest BCUT2D eigenvalue weighted by molar-refractivity contribution is -0.137. The van der Waals surface area contributed by atoms with Gasteiger partial charge in [-0.2, -0.15) is 0 Å². The van der Waals surface area contributed by atoms with E-state index in [9.17, 15) is 23.6 Å². The molecule has 0 bridgehead atoms. The van der Waals surface area contributed by atoms with Gasteiger partial charge in [0.1, 0.15) is 18.0 Å². The number of nitrogens with zero attached hydrogens (tertiary/aromatic N) is 2. The summed E-state index contributed by atoms with van der Waals surface area (Å²) >= 11 is 6.06. The molecule has 31 heavy (non-hydrogen) atoms. The van der Waals surface area contributed by atoms with Crippen molar-refractivity contribution in [1.29, 1.82) is 0 Å². The first kappa shape index (κ1) is 24.1. The van der Waals surface area contributed by atoms with Gasteiger partial charge in [-0.3, -0.25) is 18.7 Å². The largest absolute Gasteiger partial charge is 0.480 e. The van der Waals surface area contributed by atoms with Crippen LogP contribution in [0.4, 0.5) is 9.18 Å². The molecule has 1 heterocycles. The average molecular weight is 456 g/mol. The summed E-state index contributed by atoms with van der Waals surface area (Å²) in [5.41, 5.74) is -2.31. The van der Waals surface area contributed by atoms with Crippen LogP contribution in [0, 0.1) is 12.7 Å². The summed E-state index contributed by atoms with van der Waals surface area (Å²) in [5.74, 6) is -2.04. The minimum Gasteiger partial charge on any atom is -0.480 e. The number of hydrogen-bond acceptors (Lipinski definition) is 5. The van der Waals surface area contributed by atoms with Crippen LogP contribution in [-0.4, -0.2) is 38.4 Å². The van der Waals surface area contributed by atoms with Gasteiger partial charge in [0.25, 0.3) is 5.56 Å². The number of carbonyl (C=O) groups is 2. The second kappa shape index (κ2) is 9.34. The zero-order chi connectivity index (χ0) is 23.5. The van der Waals surface area contributed by atoms with Crippen molar-refractivity contribution in [3.05, 3.63) is 55.6 Å². The van der Waals surface area contributed by atoms with Crippen LogP contribution in [0.3, 0.4) is 0 Å². The third-order valence-corrected chi connectivity index (χ3v) is 4.48. The highest BCUT2D eigenvalue weighted by molar-refractivity contribution is 6.33. The summed E-state index contributed by atoms with van der Waals surface area (Å²) in [5, 5.41) is 11.2. The van der Waals surface area contributed by atoms with Crippen molar-refractivity contribution in [1.82, 2.24) is 14.5 Å². The van der Waals surface area contributed by atoms with Gasteiger partial charge in [0.2, 0.25) is 0 Å². The number of nitrogens with one attached hydrogen (secondary N) is 1. The number of carbonyl (C=O) groups excluding carboxylic acids is 1. The fourth-order valence-corrected chi connectivity index (χ4v) is 3.05. The van der Waals surface area contributed by atoms with Gasteiger partial charge in [-0.1, -0.05) is 23.7 Å². The second-order valence-corrected chi connectivity index (χ2v) is 8.17. The molecule has 0 radical (unpaired) electrons. The van der Waals surface area contributed by atoms with Crippen LogP contribution >= 0.6 is 11.6 Å². The van der Waals surface area contributed by atoms with Gasteiger partial charge in [0.15, 0.2) is 0 Å². The van der Waals surface area contributed by atoms with Crippen LogP contribution < -0.4 is 16.6 Å². The third kappa shape index (κ3) is 5.94. The molecule has 168 valence electrons. The first-order chi connectivity index (χ1) is 14.3. The molecule has 2 aromatic rings. The van der Waals surface area contributed by atoms with E-state index in [1.165, 1.54) is 19.1 Å². The van der Waals surface area contributed by atoms with Gasteiger partial charge >= 0.3 is 17.8 Å². The number of aromatic nitrogens is 2. The molecule has 2 N–H and O–H groups in total. The number of hydrogen-bond donors (Lipinski definition) is 2. The smallest absolute Gasteiger partial charge is 0.407 e. The standard InChI is InChI=1S/C20H23ClFN3O6/c1-11-5-6-12(15(21)16(11)22)13-9-24(10-14(26)27)19(30)25(17(13)28)8-7-23-18(29)31-20(2,3)4/h5-6,9H,7-8,10H2,1-4H3,(H,23,29)(H,26,27). The molecule has 0 aliphatic carbocycles. The molecule has 1 aromatic heterocycles. The van der Waals surface area contributed by atoms with E-state index >= 15 is 0 Å². The Labute approximate surface area is 182 Å². The van der Waals surface area contributed by atoms with Gasteiger partial charge in [0, 0.05) is 24.8 Å².